The molecule has 0 radical (unpaired) electrons. The van der Waals surface area contributed by atoms with Gasteiger partial charge < -0.3 is 5.73 Å². The maximum atomic E-state index is 12.6. The van der Waals surface area contributed by atoms with E-state index in [1.807, 2.05) is 0 Å². The molecular formula is C8H10ClFN2. The van der Waals surface area contributed by atoms with Gasteiger partial charge in [-0.15, -0.1) is 0 Å². The summed E-state index contributed by atoms with van der Waals surface area (Å²) in [5.74, 6) is -0.479. The average Bonchev–Trinajstić information content (AvgIpc) is 2.07. The quantitative estimate of drug-likeness (QED) is 0.735. The van der Waals surface area contributed by atoms with Crippen LogP contribution in [-0.4, -0.2) is 11.5 Å². The SMILES string of the molecule is NCCCc1ccc(F)c(Cl)n1. The Morgan fingerprint density at radius 3 is 2.83 bits per heavy atom. The second-order valence-corrected chi connectivity index (χ2v) is 2.83. The van der Waals surface area contributed by atoms with Crippen LogP contribution >= 0.6 is 11.6 Å². The number of nitrogens with zero attached hydrogens (tertiary/aromatic N) is 1. The highest BCUT2D eigenvalue weighted by Crippen LogP contribution is 2.12. The van der Waals surface area contributed by atoms with Gasteiger partial charge in [-0.3, -0.25) is 0 Å². The number of halogens is 2. The van der Waals surface area contributed by atoms with E-state index in [9.17, 15) is 4.39 Å². The van der Waals surface area contributed by atoms with Crippen molar-refractivity contribution in [2.24, 2.45) is 5.73 Å². The molecule has 12 heavy (non-hydrogen) atoms. The Morgan fingerprint density at radius 2 is 2.25 bits per heavy atom. The third-order valence-electron chi connectivity index (χ3n) is 1.50. The van der Waals surface area contributed by atoms with Crippen molar-refractivity contribution < 1.29 is 4.39 Å². The molecule has 1 heterocycles. The molecule has 0 saturated heterocycles. The first kappa shape index (κ1) is 9.42. The summed E-state index contributed by atoms with van der Waals surface area (Å²) in [6, 6.07) is 2.94. The van der Waals surface area contributed by atoms with Crippen molar-refractivity contribution in [3.05, 3.63) is 28.8 Å². The fourth-order valence-electron chi connectivity index (χ4n) is 0.877. The molecule has 1 rings (SSSR count). The van der Waals surface area contributed by atoms with Gasteiger partial charge >= 0.3 is 0 Å². The predicted molar refractivity (Wildman–Crippen MR) is 46.6 cm³/mol. The van der Waals surface area contributed by atoms with Gasteiger partial charge in [-0.05, 0) is 31.5 Å². The van der Waals surface area contributed by atoms with Gasteiger partial charge in [0.15, 0.2) is 11.0 Å². The monoisotopic (exact) mass is 188 g/mol. The van der Waals surface area contributed by atoms with Crippen molar-refractivity contribution in [2.45, 2.75) is 12.8 Å². The molecule has 0 saturated carbocycles. The van der Waals surface area contributed by atoms with Crippen LogP contribution in [0.3, 0.4) is 0 Å². The summed E-state index contributed by atoms with van der Waals surface area (Å²) in [6.45, 7) is 0.608. The summed E-state index contributed by atoms with van der Waals surface area (Å²) in [6.07, 6.45) is 1.59. The van der Waals surface area contributed by atoms with Gasteiger partial charge in [-0.2, -0.15) is 0 Å². The number of nitrogens with two attached hydrogens (primary N) is 1. The van der Waals surface area contributed by atoms with Crippen LogP contribution in [0.25, 0.3) is 0 Å². The largest absolute Gasteiger partial charge is 0.330 e. The fraction of sp³-hybridized carbons (Fsp3) is 0.375. The molecule has 4 heteroatoms. The van der Waals surface area contributed by atoms with Gasteiger partial charge in [-0.25, -0.2) is 9.37 Å². The van der Waals surface area contributed by atoms with E-state index in [1.54, 1.807) is 6.07 Å². The van der Waals surface area contributed by atoms with Crippen molar-refractivity contribution in [1.82, 2.24) is 4.98 Å². The Bertz CT molecular complexity index is 265. The lowest BCUT2D eigenvalue weighted by molar-refractivity contribution is 0.619. The zero-order valence-electron chi connectivity index (χ0n) is 6.56. The van der Waals surface area contributed by atoms with E-state index in [0.29, 0.717) is 6.54 Å². The van der Waals surface area contributed by atoms with Crippen molar-refractivity contribution in [3.63, 3.8) is 0 Å². The van der Waals surface area contributed by atoms with E-state index < -0.39 is 5.82 Å². The molecule has 1 aromatic heterocycles. The van der Waals surface area contributed by atoms with E-state index in [-0.39, 0.29) is 5.15 Å². The highest BCUT2D eigenvalue weighted by Gasteiger charge is 2.01. The number of aromatic nitrogens is 1. The number of pyridine rings is 1. The van der Waals surface area contributed by atoms with Crippen molar-refractivity contribution in [2.75, 3.05) is 6.54 Å². The summed E-state index contributed by atoms with van der Waals surface area (Å²) in [7, 11) is 0. The summed E-state index contributed by atoms with van der Waals surface area (Å²) in [5, 5.41) is -0.0653. The highest BCUT2D eigenvalue weighted by atomic mass is 35.5. The van der Waals surface area contributed by atoms with Crippen LogP contribution in [0.15, 0.2) is 12.1 Å². The fourth-order valence-corrected chi connectivity index (χ4v) is 1.05. The first-order chi connectivity index (χ1) is 5.74. The summed E-state index contributed by atoms with van der Waals surface area (Å²) in [5.41, 5.74) is 6.09. The molecule has 2 N–H and O–H groups in total. The van der Waals surface area contributed by atoms with E-state index in [4.69, 9.17) is 17.3 Å². The van der Waals surface area contributed by atoms with Crippen LogP contribution in [0.4, 0.5) is 4.39 Å². The highest BCUT2D eigenvalue weighted by molar-refractivity contribution is 6.29. The zero-order chi connectivity index (χ0) is 8.97. The Kier molecular flexibility index (Phi) is 3.44. The molecule has 0 aliphatic rings. The summed E-state index contributed by atoms with van der Waals surface area (Å²) < 4.78 is 12.6. The lowest BCUT2D eigenvalue weighted by Crippen LogP contribution is -2.01. The smallest absolute Gasteiger partial charge is 0.164 e. The molecule has 0 unspecified atom stereocenters. The second-order valence-electron chi connectivity index (χ2n) is 2.47. The zero-order valence-corrected chi connectivity index (χ0v) is 7.31. The van der Waals surface area contributed by atoms with Gasteiger partial charge in [0.1, 0.15) is 0 Å². The van der Waals surface area contributed by atoms with Gasteiger partial charge in [0.05, 0.1) is 0 Å². The predicted octanol–water partition coefficient (Wildman–Crippen LogP) is 1.77. The molecule has 0 bridgehead atoms. The molecule has 66 valence electrons. The number of aryl methyl sites for hydroxylation is 1. The van der Waals surface area contributed by atoms with E-state index in [0.717, 1.165) is 18.5 Å². The maximum absolute atomic E-state index is 12.6. The van der Waals surface area contributed by atoms with Crippen LogP contribution in [-0.2, 0) is 6.42 Å². The normalized spacial score (nSPS) is 10.2. The van der Waals surface area contributed by atoms with E-state index >= 15 is 0 Å². The number of hydrogen-bond acceptors (Lipinski definition) is 2. The van der Waals surface area contributed by atoms with Gasteiger partial charge in [-0.1, -0.05) is 11.6 Å². The van der Waals surface area contributed by atoms with Crippen molar-refractivity contribution in [3.8, 4) is 0 Å². The molecular weight excluding hydrogens is 179 g/mol. The molecule has 1 aromatic rings. The minimum Gasteiger partial charge on any atom is -0.330 e. The molecule has 0 aliphatic carbocycles. The Morgan fingerprint density at radius 1 is 1.50 bits per heavy atom. The molecule has 0 amide bonds. The van der Waals surface area contributed by atoms with E-state index in [2.05, 4.69) is 4.98 Å². The van der Waals surface area contributed by atoms with Crippen LogP contribution in [0, 0.1) is 5.82 Å². The molecule has 0 aromatic carbocycles. The minimum absolute atomic E-state index is 0.0653. The van der Waals surface area contributed by atoms with Crippen LogP contribution < -0.4 is 5.73 Å². The molecule has 0 aliphatic heterocycles. The maximum Gasteiger partial charge on any atom is 0.164 e. The third kappa shape index (κ3) is 2.43. The van der Waals surface area contributed by atoms with Crippen molar-refractivity contribution >= 4 is 11.6 Å². The van der Waals surface area contributed by atoms with Crippen LogP contribution in [0.5, 0.6) is 0 Å². The summed E-state index contributed by atoms with van der Waals surface area (Å²) >= 11 is 5.48. The topological polar surface area (TPSA) is 38.9 Å². The Labute approximate surface area is 75.6 Å². The minimum atomic E-state index is -0.479. The number of rotatable bonds is 3. The summed E-state index contributed by atoms with van der Waals surface area (Å²) in [4.78, 5) is 3.85. The molecule has 0 atom stereocenters. The first-order valence-corrected chi connectivity index (χ1v) is 4.13. The van der Waals surface area contributed by atoms with Gasteiger partial charge in [0.25, 0.3) is 0 Å². The third-order valence-corrected chi connectivity index (χ3v) is 1.76. The lowest BCUT2D eigenvalue weighted by atomic mass is 10.2. The van der Waals surface area contributed by atoms with Gasteiger partial charge in [0, 0.05) is 5.69 Å². The standard InChI is InChI=1S/C8H10ClFN2/c9-8-7(10)4-3-6(12-8)2-1-5-11/h3-4H,1-2,5,11H2. The Hall–Kier alpha value is -0.670. The van der Waals surface area contributed by atoms with Crippen LogP contribution in [0.2, 0.25) is 5.15 Å². The molecule has 0 spiro atoms. The molecule has 0 fully saturated rings. The average molecular weight is 189 g/mol. The first-order valence-electron chi connectivity index (χ1n) is 3.75. The van der Waals surface area contributed by atoms with Crippen LogP contribution in [0.1, 0.15) is 12.1 Å². The lowest BCUT2D eigenvalue weighted by Gasteiger charge is -1.99. The van der Waals surface area contributed by atoms with Gasteiger partial charge in [0.2, 0.25) is 0 Å². The number of hydrogen-bond donors (Lipinski definition) is 1. The Balaban J connectivity index is 2.69. The van der Waals surface area contributed by atoms with Crippen molar-refractivity contribution in [1.29, 1.82) is 0 Å². The second kappa shape index (κ2) is 4.38. The molecule has 2 nitrogen and oxygen atoms in total. The van der Waals surface area contributed by atoms with E-state index in [1.165, 1.54) is 6.07 Å².